The third-order valence-corrected chi connectivity index (χ3v) is 6.00. The van der Waals surface area contributed by atoms with Crippen LogP contribution in [0, 0.1) is 5.82 Å². The number of amides is 2. The van der Waals surface area contributed by atoms with E-state index in [4.69, 9.17) is 4.74 Å². The van der Waals surface area contributed by atoms with Crippen LogP contribution in [0.3, 0.4) is 0 Å². The fraction of sp³-hybridized carbons (Fsp3) is 0.308. The molecule has 0 aliphatic carbocycles. The molecule has 1 saturated heterocycles. The van der Waals surface area contributed by atoms with Gasteiger partial charge in [-0.2, -0.15) is 13.2 Å². The van der Waals surface area contributed by atoms with E-state index in [1.807, 2.05) is 0 Å². The molecule has 0 spiro atoms. The second-order valence-corrected chi connectivity index (χ2v) is 8.78. The fourth-order valence-corrected chi connectivity index (χ4v) is 4.20. The Bertz CT molecular complexity index is 1380. The summed E-state index contributed by atoms with van der Waals surface area (Å²) in [6.07, 6.45) is -4.09. The van der Waals surface area contributed by atoms with Crippen LogP contribution in [0.2, 0.25) is 0 Å². The molecule has 2 aromatic carbocycles. The van der Waals surface area contributed by atoms with E-state index in [0.717, 1.165) is 12.1 Å². The number of alkyl halides is 4. The van der Waals surface area contributed by atoms with E-state index in [-0.39, 0.29) is 48.8 Å². The van der Waals surface area contributed by atoms with Crippen LogP contribution in [-0.4, -0.2) is 41.8 Å². The molecule has 0 saturated carbocycles. The van der Waals surface area contributed by atoms with Crippen LogP contribution in [0.4, 0.5) is 38.1 Å². The number of halogens is 5. The summed E-state index contributed by atoms with van der Waals surface area (Å²) in [7, 11) is 0. The zero-order valence-electron chi connectivity index (χ0n) is 20.3. The number of urea groups is 1. The summed E-state index contributed by atoms with van der Waals surface area (Å²) in [5.74, 6) is -0.729. The van der Waals surface area contributed by atoms with Gasteiger partial charge in [0.2, 0.25) is 0 Å². The largest absolute Gasteiger partial charge is 0.488 e. The molecule has 3 N–H and O–H groups in total. The highest BCUT2D eigenvalue weighted by Crippen LogP contribution is 2.35. The standard InChI is InChI=1S/C26H25F5N4O3/c1-2-38-23-10-17(12-32-24(23)36)15-4-6-22(21(28)9-15)34-25(37)33-19-5-3-16(20(11-19)26(29,30)31)13-35-8-7-18(27)14-35/h3-6,9-12,18H,2,7-8,13-14H2,1H3,(H,32,36)(H2,33,34,37). The van der Waals surface area contributed by atoms with Gasteiger partial charge in [-0.25, -0.2) is 13.6 Å². The highest BCUT2D eigenvalue weighted by molar-refractivity contribution is 6.00. The minimum atomic E-state index is -4.69. The van der Waals surface area contributed by atoms with Crippen molar-refractivity contribution in [3.63, 3.8) is 0 Å². The lowest BCUT2D eigenvalue weighted by molar-refractivity contribution is -0.138. The molecule has 1 fully saturated rings. The maximum absolute atomic E-state index is 14.7. The molecule has 1 atom stereocenters. The molecular weight excluding hydrogens is 511 g/mol. The molecule has 1 aromatic heterocycles. The highest BCUT2D eigenvalue weighted by Gasteiger charge is 2.35. The summed E-state index contributed by atoms with van der Waals surface area (Å²) >= 11 is 0. The lowest BCUT2D eigenvalue weighted by atomic mass is 10.1. The number of anilines is 2. The van der Waals surface area contributed by atoms with Gasteiger partial charge in [0.05, 0.1) is 17.9 Å². The molecule has 1 aliphatic rings. The lowest BCUT2D eigenvalue weighted by Crippen LogP contribution is -2.23. The SMILES string of the molecule is CCOc1cc(-c2ccc(NC(=O)Nc3ccc(CN4CCC(F)C4)c(C(F)(F)F)c3)c(F)c2)c[nH]c1=O. The number of likely N-dealkylation sites (tertiary alicyclic amines) is 1. The van der Waals surface area contributed by atoms with Gasteiger partial charge in [-0.15, -0.1) is 0 Å². The van der Waals surface area contributed by atoms with Crippen molar-refractivity contribution >= 4 is 17.4 Å². The van der Waals surface area contributed by atoms with Crippen LogP contribution >= 0.6 is 0 Å². The molecule has 202 valence electrons. The number of H-pyrrole nitrogens is 1. The van der Waals surface area contributed by atoms with Crippen molar-refractivity contribution in [2.75, 3.05) is 30.3 Å². The predicted molar refractivity (Wildman–Crippen MR) is 133 cm³/mol. The quantitative estimate of drug-likeness (QED) is 0.334. The second kappa shape index (κ2) is 11.2. The number of nitrogens with one attached hydrogen (secondary N) is 3. The van der Waals surface area contributed by atoms with Gasteiger partial charge >= 0.3 is 12.2 Å². The first-order valence-electron chi connectivity index (χ1n) is 11.8. The minimum absolute atomic E-state index is 0.0334. The van der Waals surface area contributed by atoms with Gasteiger partial charge in [0.25, 0.3) is 5.56 Å². The molecule has 12 heteroatoms. The number of hydrogen-bond donors (Lipinski definition) is 3. The van der Waals surface area contributed by atoms with Crippen LogP contribution in [-0.2, 0) is 12.7 Å². The summed E-state index contributed by atoms with van der Waals surface area (Å²) in [6.45, 7) is 2.35. The Balaban J connectivity index is 1.47. The lowest BCUT2D eigenvalue weighted by Gasteiger charge is -2.20. The molecule has 3 aromatic rings. The number of aromatic nitrogens is 1. The van der Waals surface area contributed by atoms with Crippen LogP contribution in [0.5, 0.6) is 5.75 Å². The molecule has 7 nitrogen and oxygen atoms in total. The van der Waals surface area contributed by atoms with Gasteiger partial charge in [0.1, 0.15) is 12.0 Å². The molecule has 1 unspecified atom stereocenters. The topological polar surface area (TPSA) is 86.5 Å². The first-order valence-corrected chi connectivity index (χ1v) is 11.8. The van der Waals surface area contributed by atoms with E-state index in [9.17, 15) is 31.5 Å². The Morgan fingerprint density at radius 3 is 2.58 bits per heavy atom. The van der Waals surface area contributed by atoms with Crippen LogP contribution in [0.25, 0.3) is 11.1 Å². The third kappa shape index (κ3) is 6.49. The molecule has 0 bridgehead atoms. The average Bonchev–Trinajstić information content (AvgIpc) is 3.26. The van der Waals surface area contributed by atoms with E-state index < -0.39 is 35.3 Å². The van der Waals surface area contributed by atoms with Crippen LogP contribution in [0.1, 0.15) is 24.5 Å². The number of carbonyl (C=O) groups excluding carboxylic acids is 1. The van der Waals surface area contributed by atoms with E-state index >= 15 is 0 Å². The maximum Gasteiger partial charge on any atom is 0.416 e. The van der Waals surface area contributed by atoms with Gasteiger partial charge in [-0.1, -0.05) is 12.1 Å². The monoisotopic (exact) mass is 536 g/mol. The number of rotatable bonds is 7. The number of ether oxygens (including phenoxy) is 1. The third-order valence-electron chi connectivity index (χ3n) is 6.00. The number of carbonyl (C=O) groups is 1. The summed E-state index contributed by atoms with van der Waals surface area (Å²) < 4.78 is 74.5. The summed E-state index contributed by atoms with van der Waals surface area (Å²) in [4.78, 5) is 28.3. The van der Waals surface area contributed by atoms with E-state index in [1.165, 1.54) is 36.5 Å². The molecular formula is C26H25F5N4O3. The molecule has 2 amide bonds. The Kier molecular flexibility index (Phi) is 8.00. The van der Waals surface area contributed by atoms with Gasteiger partial charge in [0, 0.05) is 37.1 Å². The van der Waals surface area contributed by atoms with Crippen molar-refractivity contribution in [3.05, 3.63) is 76.0 Å². The van der Waals surface area contributed by atoms with Crippen molar-refractivity contribution in [2.24, 2.45) is 0 Å². The smallest absolute Gasteiger partial charge is 0.416 e. The first kappa shape index (κ1) is 27.1. The Labute approximate surface area is 214 Å². The number of nitrogens with zero attached hydrogens (tertiary/aromatic N) is 1. The first-order chi connectivity index (χ1) is 18.0. The number of benzene rings is 2. The van der Waals surface area contributed by atoms with Gasteiger partial charge in [-0.3, -0.25) is 9.69 Å². The van der Waals surface area contributed by atoms with Gasteiger partial charge < -0.3 is 20.4 Å². The zero-order chi connectivity index (χ0) is 27.4. The molecule has 1 aliphatic heterocycles. The van der Waals surface area contributed by atoms with Crippen molar-refractivity contribution in [3.8, 4) is 16.9 Å². The second-order valence-electron chi connectivity index (χ2n) is 8.78. The fourth-order valence-electron chi connectivity index (χ4n) is 4.20. The van der Waals surface area contributed by atoms with Crippen molar-refractivity contribution in [1.82, 2.24) is 9.88 Å². The summed E-state index contributed by atoms with van der Waals surface area (Å²) in [5.41, 5.74) is -0.890. The average molecular weight is 537 g/mol. The van der Waals surface area contributed by atoms with Crippen molar-refractivity contribution in [1.29, 1.82) is 0 Å². The van der Waals surface area contributed by atoms with Gasteiger partial charge in [-0.05, 0) is 54.8 Å². The summed E-state index contributed by atoms with van der Waals surface area (Å²) in [5, 5.41) is 4.56. The number of pyridine rings is 1. The van der Waals surface area contributed by atoms with Crippen molar-refractivity contribution in [2.45, 2.75) is 32.2 Å². The Hall–Kier alpha value is -3.93. The van der Waals surface area contributed by atoms with Crippen molar-refractivity contribution < 1.29 is 31.5 Å². The zero-order valence-corrected chi connectivity index (χ0v) is 20.3. The minimum Gasteiger partial charge on any atom is -0.488 e. The molecule has 38 heavy (non-hydrogen) atoms. The molecule has 0 radical (unpaired) electrons. The van der Waals surface area contributed by atoms with Crippen LogP contribution < -0.4 is 20.9 Å². The maximum atomic E-state index is 14.7. The van der Waals surface area contributed by atoms with E-state index in [1.54, 1.807) is 11.8 Å². The van der Waals surface area contributed by atoms with Gasteiger partial charge in [0.15, 0.2) is 5.75 Å². The van der Waals surface area contributed by atoms with E-state index in [2.05, 4.69) is 15.6 Å². The Morgan fingerprint density at radius 2 is 1.92 bits per heavy atom. The number of aromatic amines is 1. The normalized spacial score (nSPS) is 15.9. The number of hydrogen-bond acceptors (Lipinski definition) is 4. The highest BCUT2D eigenvalue weighted by atomic mass is 19.4. The Morgan fingerprint density at radius 1 is 1.13 bits per heavy atom. The molecule has 4 rings (SSSR count). The van der Waals surface area contributed by atoms with E-state index in [0.29, 0.717) is 17.7 Å². The van der Waals surface area contributed by atoms with Crippen LogP contribution in [0.15, 0.2) is 53.5 Å². The molecule has 2 heterocycles. The summed E-state index contributed by atoms with van der Waals surface area (Å²) in [6, 6.07) is 7.77. The predicted octanol–water partition coefficient (Wildman–Crippen LogP) is 5.79.